The Morgan fingerprint density at radius 1 is 0.432 bits per heavy atom. The molecule has 44 heavy (non-hydrogen) atoms. The molecule has 0 aliphatic heterocycles. The number of halogens is 1. The van der Waals surface area contributed by atoms with Gasteiger partial charge in [0.05, 0.1) is 30.2 Å². The van der Waals surface area contributed by atoms with Gasteiger partial charge in [0.25, 0.3) is 0 Å². The van der Waals surface area contributed by atoms with Gasteiger partial charge in [0.1, 0.15) is 0 Å². The van der Waals surface area contributed by atoms with E-state index < -0.39 is 14.9 Å². The van der Waals surface area contributed by atoms with Gasteiger partial charge in [0.2, 0.25) is 0 Å². The number of hydrogen-bond donors (Lipinski definition) is 0. The van der Waals surface area contributed by atoms with E-state index in [4.69, 9.17) is 9.05 Å². The number of hydrogen-bond acceptors (Lipinski definition) is 3. The molecule has 0 aliphatic rings. The van der Waals surface area contributed by atoms with Crippen LogP contribution in [0, 0.1) is 0 Å². The molecular formula is C38H81IO3P2. The number of rotatable bonds is 33. The third kappa shape index (κ3) is 23.6. The lowest BCUT2D eigenvalue weighted by atomic mass is 10.1. The van der Waals surface area contributed by atoms with Crippen molar-refractivity contribution in [1.82, 2.24) is 0 Å². The van der Waals surface area contributed by atoms with Gasteiger partial charge in [-0.2, -0.15) is 0 Å². The van der Waals surface area contributed by atoms with Crippen molar-refractivity contribution < 1.29 is 37.6 Å². The zero-order valence-corrected chi connectivity index (χ0v) is 35.3. The maximum Gasteiger partial charge on any atom is 0.367 e. The van der Waals surface area contributed by atoms with E-state index in [1.807, 2.05) is 0 Å². The maximum absolute atomic E-state index is 14.3. The van der Waals surface area contributed by atoms with E-state index in [0.717, 1.165) is 12.8 Å². The molecule has 0 amide bonds. The Bertz CT molecular complexity index is 586. The molecule has 0 bridgehead atoms. The van der Waals surface area contributed by atoms with Gasteiger partial charge in [-0.1, -0.05) is 155 Å². The first kappa shape index (κ1) is 47.4. The van der Waals surface area contributed by atoms with Crippen LogP contribution in [0.2, 0.25) is 0 Å². The van der Waals surface area contributed by atoms with E-state index in [-0.39, 0.29) is 24.0 Å². The van der Waals surface area contributed by atoms with Crippen molar-refractivity contribution in [3.63, 3.8) is 0 Å². The molecule has 0 heterocycles. The third-order valence-corrected chi connectivity index (χ3v) is 20.1. The smallest absolute Gasteiger partial charge is 0.367 e. The lowest BCUT2D eigenvalue weighted by molar-refractivity contribution is -0.0000145. The zero-order valence-electron chi connectivity index (χ0n) is 31.3. The van der Waals surface area contributed by atoms with Crippen LogP contribution in [0.5, 0.6) is 0 Å². The van der Waals surface area contributed by atoms with E-state index in [1.165, 1.54) is 141 Å². The van der Waals surface area contributed by atoms with Crippen LogP contribution in [-0.2, 0) is 13.6 Å². The van der Waals surface area contributed by atoms with E-state index in [9.17, 15) is 4.57 Å². The van der Waals surface area contributed by atoms with Gasteiger partial charge >= 0.3 is 7.60 Å². The summed E-state index contributed by atoms with van der Waals surface area (Å²) in [5.41, 5.74) is 1.60. The van der Waals surface area contributed by atoms with Gasteiger partial charge in [0.15, 0.2) is 5.90 Å². The van der Waals surface area contributed by atoms with Crippen LogP contribution in [0.15, 0.2) is 0 Å². The van der Waals surface area contributed by atoms with Crippen LogP contribution < -0.4 is 24.0 Å². The average molecular weight is 775 g/mol. The molecule has 6 heteroatoms. The Kier molecular flexibility index (Phi) is 34.0. The van der Waals surface area contributed by atoms with E-state index in [2.05, 4.69) is 55.4 Å². The molecule has 0 rings (SSSR count). The molecule has 0 saturated carbocycles. The summed E-state index contributed by atoms with van der Waals surface area (Å²) in [6.45, 7) is 19.8. The quantitative estimate of drug-likeness (QED) is 0.0378. The molecule has 0 radical (unpaired) electrons. The van der Waals surface area contributed by atoms with Crippen LogP contribution in [0.3, 0.4) is 0 Å². The summed E-state index contributed by atoms with van der Waals surface area (Å²) < 4.78 is 26.9. The van der Waals surface area contributed by atoms with Crippen LogP contribution in [0.4, 0.5) is 0 Å². The molecule has 0 saturated heterocycles. The van der Waals surface area contributed by atoms with Crippen LogP contribution in [0.1, 0.15) is 209 Å². The lowest BCUT2D eigenvalue weighted by Crippen LogP contribution is -3.00. The first-order valence-electron chi connectivity index (χ1n) is 19.4. The summed E-state index contributed by atoms with van der Waals surface area (Å²) in [5.74, 6) is 0.656. The van der Waals surface area contributed by atoms with Crippen LogP contribution in [0.25, 0.3) is 0 Å². The van der Waals surface area contributed by atoms with E-state index in [0.29, 0.717) is 36.1 Å². The largest absolute Gasteiger partial charge is 1.00 e. The molecule has 0 aromatic carbocycles. The predicted molar refractivity (Wildman–Crippen MR) is 199 cm³/mol. The van der Waals surface area contributed by atoms with Crippen molar-refractivity contribution in [2.75, 3.05) is 19.1 Å². The normalized spacial score (nSPS) is 12.5. The fraction of sp³-hybridized carbons (Fsp3) is 1.00. The van der Waals surface area contributed by atoms with Gasteiger partial charge in [-0.25, -0.2) is 0 Å². The summed E-state index contributed by atoms with van der Waals surface area (Å²) >= 11 is 0. The molecular weight excluding hydrogens is 693 g/mol. The Balaban J connectivity index is 0. The highest BCUT2D eigenvalue weighted by molar-refractivity contribution is 7.86. The standard InChI is InChI=1S/C38H81O3P2.HI/c1-9-11-13-15-17-19-21-23-25-27-29-31-33-40-43(39,35-42(36(3)4,37(5)6)38(7)8)41-34-32-30-28-26-24-22-20-18-16-14-12-10-2;/h36-38H,9-35H2,1-8H3;1H/q+1;/p-1. The molecule has 0 unspecified atom stereocenters. The second-order valence-electron chi connectivity index (χ2n) is 14.5. The van der Waals surface area contributed by atoms with Gasteiger partial charge in [-0.05, 0) is 54.4 Å². The van der Waals surface area contributed by atoms with E-state index >= 15 is 0 Å². The molecule has 0 N–H and O–H groups in total. The van der Waals surface area contributed by atoms with Gasteiger partial charge in [0, 0.05) is 7.26 Å². The first-order chi connectivity index (χ1) is 20.7. The Morgan fingerprint density at radius 2 is 0.659 bits per heavy atom. The molecule has 268 valence electrons. The summed E-state index contributed by atoms with van der Waals surface area (Å²) in [6.07, 6.45) is 31.8. The molecule has 0 fully saturated rings. The summed E-state index contributed by atoms with van der Waals surface area (Å²) in [5, 5.41) is 0. The average Bonchev–Trinajstić information content (AvgIpc) is 2.96. The highest BCUT2D eigenvalue weighted by atomic mass is 127. The van der Waals surface area contributed by atoms with Crippen molar-refractivity contribution in [3.05, 3.63) is 0 Å². The minimum atomic E-state index is -3.12. The van der Waals surface area contributed by atoms with Gasteiger partial charge in [-0.15, -0.1) is 0 Å². The minimum absolute atomic E-state index is 0. The molecule has 3 nitrogen and oxygen atoms in total. The second kappa shape index (κ2) is 31.6. The summed E-state index contributed by atoms with van der Waals surface area (Å²) in [4.78, 5) is 0. The van der Waals surface area contributed by atoms with Crippen molar-refractivity contribution in [1.29, 1.82) is 0 Å². The minimum Gasteiger partial charge on any atom is -1.00 e. The molecule has 0 spiro atoms. The zero-order chi connectivity index (χ0) is 32.2. The van der Waals surface area contributed by atoms with Crippen molar-refractivity contribution in [3.8, 4) is 0 Å². The highest BCUT2D eigenvalue weighted by Gasteiger charge is 2.53. The van der Waals surface area contributed by atoms with Gasteiger partial charge in [-0.3, -0.25) is 4.57 Å². The SMILES string of the molecule is CCCCCCCCCCCCCCOP(=O)(C[P+](C(C)C)(C(C)C)C(C)C)OCCCCCCCCCCCCCC.[I-]. The molecule has 0 aliphatic carbocycles. The van der Waals surface area contributed by atoms with Crippen LogP contribution >= 0.6 is 14.9 Å². The predicted octanol–water partition coefficient (Wildman–Crippen LogP) is 11.8. The fourth-order valence-electron chi connectivity index (χ4n) is 6.99. The van der Waals surface area contributed by atoms with Crippen molar-refractivity contribution in [2.45, 2.75) is 226 Å². The topological polar surface area (TPSA) is 35.5 Å². The lowest BCUT2D eigenvalue weighted by Gasteiger charge is -2.39. The van der Waals surface area contributed by atoms with E-state index in [1.54, 1.807) is 0 Å². The van der Waals surface area contributed by atoms with Gasteiger partial charge < -0.3 is 33.0 Å². The van der Waals surface area contributed by atoms with Crippen LogP contribution in [-0.4, -0.2) is 36.1 Å². The van der Waals surface area contributed by atoms with Crippen molar-refractivity contribution in [2.24, 2.45) is 0 Å². The summed E-state index contributed by atoms with van der Waals surface area (Å²) in [6, 6.07) is 0. The highest BCUT2D eigenvalue weighted by Crippen LogP contribution is 2.77. The molecule has 0 aromatic heterocycles. The maximum atomic E-state index is 14.3. The third-order valence-electron chi connectivity index (χ3n) is 9.87. The fourth-order valence-corrected chi connectivity index (χ4v) is 18.4. The molecule has 0 aromatic rings. The van der Waals surface area contributed by atoms with Crippen molar-refractivity contribution >= 4 is 14.9 Å². The Morgan fingerprint density at radius 3 is 0.886 bits per heavy atom. The number of unbranched alkanes of at least 4 members (excludes halogenated alkanes) is 22. The molecule has 0 atom stereocenters. The second-order valence-corrected chi connectivity index (χ2v) is 22.4. The Hall–Kier alpha value is 1.31. The first-order valence-corrected chi connectivity index (χ1v) is 23.3. The Labute approximate surface area is 296 Å². The monoisotopic (exact) mass is 774 g/mol. The summed E-state index contributed by atoms with van der Waals surface area (Å²) in [7, 11) is -4.64.